The minimum atomic E-state index is -2.32. The van der Waals surface area contributed by atoms with E-state index in [2.05, 4.69) is 42.4 Å². The Morgan fingerprint density at radius 2 is 1.61 bits per heavy atom. The van der Waals surface area contributed by atoms with Crippen LogP contribution in [0.2, 0.25) is 0 Å². The maximum atomic E-state index is 14.4. The molecule has 5 aliphatic rings. The van der Waals surface area contributed by atoms with Crippen LogP contribution in [0.25, 0.3) is 0 Å². The van der Waals surface area contributed by atoms with Crippen molar-refractivity contribution in [3.8, 4) is 0 Å². The lowest BCUT2D eigenvalue weighted by Gasteiger charge is -2.43. The maximum Gasteiger partial charge on any atom is 0.329 e. The Morgan fingerprint density at radius 3 is 2.32 bits per heavy atom. The summed E-state index contributed by atoms with van der Waals surface area (Å²) in [6.45, 7) is 13.8. The molecule has 1 amide bonds. The highest BCUT2D eigenvalue weighted by Gasteiger charge is 2.55. The molecule has 16 atom stereocenters. The number of aliphatic hydroxyl groups excluding tert-OH is 1. The number of hydrogen-bond donors (Lipinski definition) is 2. The molecule has 4 fully saturated rings. The molecule has 1 aliphatic carbocycles. The van der Waals surface area contributed by atoms with Gasteiger partial charge >= 0.3 is 5.97 Å². The lowest BCUT2D eigenvalue weighted by atomic mass is 9.70. The third kappa shape index (κ3) is 12.0. The molecule has 15 nitrogen and oxygen atoms in total. The minimum absolute atomic E-state index is 0.00560. The molecule has 2 unspecified atom stereocenters. The van der Waals surface area contributed by atoms with E-state index in [1.165, 1.54) is 12.0 Å². The van der Waals surface area contributed by atoms with Crippen LogP contribution in [-0.2, 0) is 38.1 Å². The minimum Gasteiger partial charge on any atom is -0.461 e. The predicted molar refractivity (Wildman–Crippen MR) is 247 cm³/mol. The van der Waals surface area contributed by atoms with E-state index in [0.29, 0.717) is 56.9 Å². The highest BCUT2D eigenvalue weighted by Crippen LogP contribution is 2.45. The molecule has 0 radical (unpaired) electrons. The average Bonchev–Trinajstić information content (AvgIpc) is 3.82. The van der Waals surface area contributed by atoms with Gasteiger partial charge in [0, 0.05) is 32.6 Å². The first-order chi connectivity index (χ1) is 31.4. The van der Waals surface area contributed by atoms with Gasteiger partial charge in [-0.3, -0.25) is 14.4 Å². The highest BCUT2D eigenvalue weighted by molar-refractivity contribution is 6.39. The molecule has 3 saturated heterocycles. The molecule has 1 aromatic heterocycles. The number of methoxy groups -OCH3 is 2. The Morgan fingerprint density at radius 1 is 0.833 bits per heavy atom. The van der Waals surface area contributed by atoms with E-state index in [-0.39, 0.29) is 65.9 Å². The van der Waals surface area contributed by atoms with Crippen LogP contribution in [0.4, 0.5) is 0 Å². The predicted octanol–water partition coefficient (Wildman–Crippen LogP) is 6.71. The van der Waals surface area contributed by atoms with Gasteiger partial charge < -0.3 is 34.1 Å². The van der Waals surface area contributed by atoms with Crippen LogP contribution < -0.4 is 0 Å². The molecule has 6 rings (SSSR count). The first-order valence-corrected chi connectivity index (χ1v) is 24.6. The summed E-state index contributed by atoms with van der Waals surface area (Å²) in [6, 6.07) is -0.977. The summed E-state index contributed by atoms with van der Waals surface area (Å²) in [5, 5.41) is 35.4. The fraction of sp³-hybridized carbons (Fsp3) is 0.745. The number of ether oxygens (including phenoxy) is 4. The van der Waals surface area contributed by atoms with E-state index in [1.54, 1.807) is 25.0 Å². The summed E-state index contributed by atoms with van der Waals surface area (Å²) in [4.78, 5) is 58.1. The molecule has 2 N–H and O–H groups in total. The summed E-state index contributed by atoms with van der Waals surface area (Å²) in [7, 11) is 3.17. The normalized spacial score (nSPS) is 42.2. The van der Waals surface area contributed by atoms with Gasteiger partial charge in [-0.1, -0.05) is 76.6 Å². The van der Waals surface area contributed by atoms with Gasteiger partial charge in [0.25, 0.3) is 11.7 Å². The number of carbonyl (C=O) groups excluding carboxylic acids is 4. The Labute approximate surface area is 391 Å². The average molecular weight is 920 g/mol. The molecule has 0 spiro atoms. The molecule has 366 valence electrons. The van der Waals surface area contributed by atoms with Crippen molar-refractivity contribution in [1.29, 1.82) is 0 Å². The van der Waals surface area contributed by atoms with Gasteiger partial charge in [-0.05, 0) is 142 Å². The molecule has 5 heterocycles. The first-order valence-electron chi connectivity index (χ1n) is 24.6. The lowest BCUT2D eigenvalue weighted by molar-refractivity contribution is -0.264. The third-order valence-corrected chi connectivity index (χ3v) is 15.8. The van der Waals surface area contributed by atoms with Gasteiger partial charge in [-0.2, -0.15) is 0 Å². The van der Waals surface area contributed by atoms with Crippen molar-refractivity contribution in [2.24, 2.45) is 47.3 Å². The van der Waals surface area contributed by atoms with Crippen molar-refractivity contribution in [2.45, 2.75) is 174 Å². The van der Waals surface area contributed by atoms with Crippen LogP contribution >= 0.6 is 0 Å². The van der Waals surface area contributed by atoms with E-state index in [1.807, 2.05) is 51.2 Å². The number of piperidine rings is 1. The number of carbonyl (C=O) groups is 4. The highest BCUT2D eigenvalue weighted by atomic mass is 16.6. The fourth-order valence-corrected chi connectivity index (χ4v) is 11.5. The van der Waals surface area contributed by atoms with Gasteiger partial charge in [0.1, 0.15) is 30.7 Å². The quantitative estimate of drug-likeness (QED) is 0.180. The number of rotatable bonds is 5. The Balaban J connectivity index is 1.29. The maximum absolute atomic E-state index is 14.4. The second kappa shape index (κ2) is 22.9. The number of hydrogen-bond acceptors (Lipinski definition) is 13. The summed E-state index contributed by atoms with van der Waals surface area (Å²) < 4.78 is 26.2. The molecule has 4 aliphatic heterocycles. The zero-order chi connectivity index (χ0) is 47.9. The van der Waals surface area contributed by atoms with Crippen molar-refractivity contribution in [2.75, 3.05) is 20.8 Å². The Bertz CT molecular complexity index is 1950. The van der Waals surface area contributed by atoms with Crippen LogP contribution in [-0.4, -0.2) is 122 Å². The number of esters is 1. The number of ketones is 2. The van der Waals surface area contributed by atoms with Crippen molar-refractivity contribution in [3.05, 3.63) is 53.9 Å². The Hall–Kier alpha value is -3.89. The van der Waals surface area contributed by atoms with Crippen LogP contribution in [0.5, 0.6) is 0 Å². The second-order valence-electron chi connectivity index (χ2n) is 20.6. The number of fused-ring (bicyclic) bond motifs is 5. The molecular formula is C51H77N5O10. The number of tetrazole rings is 1. The van der Waals surface area contributed by atoms with Crippen LogP contribution in [0.15, 0.2) is 53.9 Å². The molecule has 66 heavy (non-hydrogen) atoms. The zero-order valence-electron chi connectivity index (χ0n) is 40.8. The topological polar surface area (TPSA) is 192 Å². The number of aliphatic hydroxyl groups is 2. The largest absolute Gasteiger partial charge is 0.461 e. The zero-order valence-corrected chi connectivity index (χ0v) is 40.8. The van der Waals surface area contributed by atoms with Gasteiger partial charge in [0.15, 0.2) is 5.78 Å². The molecule has 15 heteroatoms. The van der Waals surface area contributed by atoms with Gasteiger partial charge in [-0.25, -0.2) is 9.48 Å². The van der Waals surface area contributed by atoms with Gasteiger partial charge in [0.05, 0.1) is 18.2 Å². The summed E-state index contributed by atoms with van der Waals surface area (Å²) in [5.41, 5.74) is 1.72. The number of nitrogens with zero attached hydrogens (tertiary/aromatic N) is 5. The Kier molecular flexibility index (Phi) is 17.9. The molecule has 1 aromatic rings. The van der Waals surface area contributed by atoms with E-state index in [9.17, 15) is 29.4 Å². The third-order valence-electron chi connectivity index (χ3n) is 15.8. The molecule has 5 bridgehead atoms. The smallest absolute Gasteiger partial charge is 0.329 e. The molecule has 1 saturated carbocycles. The number of amides is 1. The summed E-state index contributed by atoms with van der Waals surface area (Å²) in [5.74, 6) is -5.58. The number of aromatic nitrogens is 4. The standard InChI is InChI=1S/C51H77N5O10/c1-30-13-11-10-12-14-32(3)33(4)25-39-18-16-36(7)51(62,66-39)48(59)49(60)55-22-21-38-28-42(55)50(61)65-43(20-15-31(2)24-35(6)46(58)47(64-9)45(57)34(5)23-30)40(38)26-37-17-19-41(44(27-37)63-8)56-29-52-53-54-56/h10-14,24,29-31,33-34,36-44,46-47,58,62H,15-23,25-28H2,1-9H3/b12-10+,13-11+,32-14+,35-24+/t30-,31+,33?,34-,36-,37+,38?,39+,40+,41+,42+,43+,44-,46-,47+,51-/m1/s1. The second-order valence-corrected chi connectivity index (χ2v) is 20.6. The van der Waals surface area contributed by atoms with Crippen molar-refractivity contribution < 1.29 is 48.3 Å². The fourth-order valence-electron chi connectivity index (χ4n) is 11.5. The lowest BCUT2D eigenvalue weighted by Crippen LogP contribution is -2.61. The molecule has 0 aromatic carbocycles. The number of allylic oxidation sites excluding steroid dienone is 7. The van der Waals surface area contributed by atoms with Gasteiger partial charge in [0.2, 0.25) is 5.79 Å². The van der Waals surface area contributed by atoms with E-state index < -0.39 is 59.8 Å². The SMILES string of the molecule is CO[C@@H]1C[C@H](C[C@H]2C3CCN4C(=O)C(=O)[C@]5(O)O[C@@H](CC[C@H]5C)CC(C)/C(C)=C/C=C/C=C/[C@@H](C)C[C@@H](C)C(=O)[C@H](OC)[C@H](O)/C(C)=C/[C@@H](C)CC[C@@H]2OC(=O)[C@@H]4C3)CC[C@@H]1n1cnnn1. The van der Waals surface area contributed by atoms with Gasteiger partial charge in [-0.15, -0.1) is 5.10 Å². The number of Topliss-reactive ketones (excluding diaryl/α,β-unsaturated/α-hetero) is 2. The first kappa shape index (κ1) is 51.5. The van der Waals surface area contributed by atoms with Crippen molar-refractivity contribution in [3.63, 3.8) is 0 Å². The van der Waals surface area contributed by atoms with Crippen LogP contribution in [0.1, 0.15) is 132 Å². The van der Waals surface area contributed by atoms with Crippen LogP contribution in [0.3, 0.4) is 0 Å². The van der Waals surface area contributed by atoms with Crippen LogP contribution in [0, 0.1) is 47.3 Å². The molecular weight excluding hydrogens is 843 g/mol. The van der Waals surface area contributed by atoms with Crippen molar-refractivity contribution in [1.82, 2.24) is 25.1 Å². The monoisotopic (exact) mass is 920 g/mol. The van der Waals surface area contributed by atoms with E-state index >= 15 is 0 Å². The van der Waals surface area contributed by atoms with Crippen molar-refractivity contribution >= 4 is 23.4 Å². The summed E-state index contributed by atoms with van der Waals surface area (Å²) in [6.07, 6.45) is 18.0. The van der Waals surface area contributed by atoms with E-state index in [4.69, 9.17) is 18.9 Å². The van der Waals surface area contributed by atoms with E-state index in [0.717, 1.165) is 31.3 Å². The summed E-state index contributed by atoms with van der Waals surface area (Å²) >= 11 is 0.